The van der Waals surface area contributed by atoms with Crippen LogP contribution in [0.5, 0.6) is 11.6 Å². The zero-order chi connectivity index (χ0) is 13.8. The van der Waals surface area contributed by atoms with Crippen LogP contribution >= 0.6 is 11.6 Å². The lowest BCUT2D eigenvalue weighted by molar-refractivity contribution is 0.399. The zero-order valence-corrected chi connectivity index (χ0v) is 11.2. The monoisotopic (exact) mass is 280 g/mol. The first-order valence-electron chi connectivity index (χ1n) is 5.40. The number of ether oxygens (including phenoxy) is 2. The van der Waals surface area contributed by atoms with E-state index in [4.69, 9.17) is 26.8 Å². The summed E-state index contributed by atoms with van der Waals surface area (Å²) in [4.78, 5) is 7.96. The van der Waals surface area contributed by atoms with Gasteiger partial charge in [-0.25, -0.2) is 4.98 Å². The lowest BCUT2D eigenvalue weighted by Gasteiger charge is -2.11. The molecule has 1 aromatic heterocycles. The molecular formula is C12H13ClN4O2. The Morgan fingerprint density at radius 3 is 2.68 bits per heavy atom. The number of nitrogen functional groups attached to an aromatic ring is 1. The predicted molar refractivity (Wildman–Crippen MR) is 74.3 cm³/mol. The van der Waals surface area contributed by atoms with E-state index in [1.807, 2.05) is 0 Å². The standard InChI is InChI=1S/C12H13ClN4O2/c1-18-9-5-7(3-4-8(9)13)17-11-10(14)12(19-2)16-6-15-11/h3-6H,14H2,1-2H3,(H,15,16,17). The lowest BCUT2D eigenvalue weighted by Crippen LogP contribution is -2.03. The Kier molecular flexibility index (Phi) is 3.91. The van der Waals surface area contributed by atoms with Crippen LogP contribution in [0.3, 0.4) is 0 Å². The molecule has 6 nitrogen and oxygen atoms in total. The molecule has 0 spiro atoms. The van der Waals surface area contributed by atoms with Crippen LogP contribution < -0.4 is 20.5 Å². The molecule has 0 atom stereocenters. The van der Waals surface area contributed by atoms with Gasteiger partial charge in [-0.15, -0.1) is 0 Å². The van der Waals surface area contributed by atoms with Gasteiger partial charge in [0, 0.05) is 11.8 Å². The Labute approximate surface area is 115 Å². The molecule has 1 heterocycles. The molecule has 0 radical (unpaired) electrons. The summed E-state index contributed by atoms with van der Waals surface area (Å²) in [6, 6.07) is 5.26. The molecule has 0 bridgehead atoms. The van der Waals surface area contributed by atoms with Gasteiger partial charge in [-0.05, 0) is 12.1 Å². The van der Waals surface area contributed by atoms with Gasteiger partial charge in [-0.1, -0.05) is 11.6 Å². The number of rotatable bonds is 4. The Balaban J connectivity index is 2.31. The first-order chi connectivity index (χ1) is 9.15. The van der Waals surface area contributed by atoms with Gasteiger partial charge in [0.25, 0.3) is 0 Å². The van der Waals surface area contributed by atoms with Gasteiger partial charge >= 0.3 is 0 Å². The van der Waals surface area contributed by atoms with Crippen molar-refractivity contribution in [3.63, 3.8) is 0 Å². The summed E-state index contributed by atoms with van der Waals surface area (Å²) in [7, 11) is 3.04. The largest absolute Gasteiger partial charge is 0.495 e. The molecule has 19 heavy (non-hydrogen) atoms. The summed E-state index contributed by atoms with van der Waals surface area (Å²) in [5, 5.41) is 3.58. The van der Waals surface area contributed by atoms with E-state index in [1.165, 1.54) is 13.4 Å². The Morgan fingerprint density at radius 2 is 2.00 bits per heavy atom. The first kappa shape index (κ1) is 13.2. The van der Waals surface area contributed by atoms with Crippen molar-refractivity contribution < 1.29 is 9.47 Å². The van der Waals surface area contributed by atoms with Crippen molar-refractivity contribution in [2.45, 2.75) is 0 Å². The van der Waals surface area contributed by atoms with Crippen LogP contribution in [0.25, 0.3) is 0 Å². The second-order valence-electron chi connectivity index (χ2n) is 3.62. The average molecular weight is 281 g/mol. The highest BCUT2D eigenvalue weighted by Gasteiger charge is 2.09. The van der Waals surface area contributed by atoms with E-state index >= 15 is 0 Å². The maximum atomic E-state index is 5.96. The second-order valence-corrected chi connectivity index (χ2v) is 4.03. The average Bonchev–Trinajstić information content (AvgIpc) is 2.43. The maximum Gasteiger partial charge on any atom is 0.242 e. The molecular weight excluding hydrogens is 268 g/mol. The Morgan fingerprint density at radius 1 is 1.21 bits per heavy atom. The summed E-state index contributed by atoms with van der Waals surface area (Å²) >= 11 is 5.96. The summed E-state index contributed by atoms with van der Waals surface area (Å²) in [6.45, 7) is 0. The normalized spacial score (nSPS) is 10.1. The van der Waals surface area contributed by atoms with Crippen LogP contribution in [-0.4, -0.2) is 24.2 Å². The molecule has 0 aliphatic rings. The Bertz CT molecular complexity index is 592. The van der Waals surface area contributed by atoms with Crippen molar-refractivity contribution in [1.82, 2.24) is 9.97 Å². The molecule has 0 amide bonds. The van der Waals surface area contributed by atoms with E-state index in [1.54, 1.807) is 25.3 Å². The minimum Gasteiger partial charge on any atom is -0.495 e. The van der Waals surface area contributed by atoms with Crippen LogP contribution in [0.2, 0.25) is 5.02 Å². The summed E-state index contributed by atoms with van der Waals surface area (Å²) in [6.07, 6.45) is 1.37. The van der Waals surface area contributed by atoms with E-state index in [2.05, 4.69) is 15.3 Å². The predicted octanol–water partition coefficient (Wildman–Crippen LogP) is 2.47. The fourth-order valence-electron chi connectivity index (χ4n) is 1.52. The molecule has 2 aromatic rings. The molecule has 0 fully saturated rings. The minimum atomic E-state index is 0.318. The molecule has 7 heteroatoms. The second kappa shape index (κ2) is 5.62. The molecule has 0 aliphatic carbocycles. The molecule has 2 rings (SSSR count). The van der Waals surface area contributed by atoms with Crippen LogP contribution in [0.4, 0.5) is 17.2 Å². The summed E-state index contributed by atoms with van der Waals surface area (Å²) in [5.41, 5.74) is 6.95. The van der Waals surface area contributed by atoms with Gasteiger partial charge in [0.1, 0.15) is 17.8 Å². The number of anilines is 3. The number of benzene rings is 1. The van der Waals surface area contributed by atoms with Crippen molar-refractivity contribution in [3.8, 4) is 11.6 Å². The highest BCUT2D eigenvalue weighted by atomic mass is 35.5. The van der Waals surface area contributed by atoms with Crippen molar-refractivity contribution >= 4 is 28.8 Å². The summed E-state index contributed by atoms with van der Waals surface area (Å²) in [5.74, 6) is 1.33. The van der Waals surface area contributed by atoms with E-state index in [-0.39, 0.29) is 0 Å². The molecule has 0 saturated carbocycles. The number of aromatic nitrogens is 2. The molecule has 3 N–H and O–H groups in total. The van der Waals surface area contributed by atoms with Gasteiger partial charge in [0.2, 0.25) is 5.88 Å². The van der Waals surface area contributed by atoms with Crippen molar-refractivity contribution in [1.29, 1.82) is 0 Å². The van der Waals surface area contributed by atoms with E-state index in [0.29, 0.717) is 28.2 Å². The quantitative estimate of drug-likeness (QED) is 0.895. The van der Waals surface area contributed by atoms with E-state index in [0.717, 1.165) is 5.69 Å². The number of methoxy groups -OCH3 is 2. The molecule has 100 valence electrons. The van der Waals surface area contributed by atoms with Crippen molar-refractivity contribution in [3.05, 3.63) is 29.5 Å². The van der Waals surface area contributed by atoms with Crippen LogP contribution in [-0.2, 0) is 0 Å². The number of nitrogens with one attached hydrogen (secondary N) is 1. The number of nitrogens with two attached hydrogens (primary N) is 1. The van der Waals surface area contributed by atoms with Crippen LogP contribution in [0, 0.1) is 0 Å². The number of nitrogens with zero attached hydrogens (tertiary/aromatic N) is 2. The highest BCUT2D eigenvalue weighted by Crippen LogP contribution is 2.31. The fourth-order valence-corrected chi connectivity index (χ4v) is 1.71. The van der Waals surface area contributed by atoms with Crippen LogP contribution in [0.1, 0.15) is 0 Å². The van der Waals surface area contributed by atoms with E-state index in [9.17, 15) is 0 Å². The molecule has 0 aliphatic heterocycles. The van der Waals surface area contributed by atoms with Crippen molar-refractivity contribution in [2.24, 2.45) is 0 Å². The lowest BCUT2D eigenvalue weighted by atomic mass is 10.3. The molecule has 1 aromatic carbocycles. The fraction of sp³-hybridized carbons (Fsp3) is 0.167. The van der Waals surface area contributed by atoms with Gasteiger partial charge < -0.3 is 20.5 Å². The first-order valence-corrected chi connectivity index (χ1v) is 5.78. The van der Waals surface area contributed by atoms with Crippen LogP contribution in [0.15, 0.2) is 24.5 Å². The smallest absolute Gasteiger partial charge is 0.242 e. The number of halogens is 1. The van der Waals surface area contributed by atoms with Gasteiger partial charge in [0.05, 0.1) is 19.2 Å². The van der Waals surface area contributed by atoms with E-state index < -0.39 is 0 Å². The van der Waals surface area contributed by atoms with Gasteiger partial charge in [-0.3, -0.25) is 0 Å². The Hall–Kier alpha value is -2.21. The van der Waals surface area contributed by atoms with Crippen molar-refractivity contribution in [2.75, 3.05) is 25.3 Å². The molecule has 0 saturated heterocycles. The van der Waals surface area contributed by atoms with Gasteiger partial charge in [0.15, 0.2) is 5.82 Å². The third-order valence-corrected chi connectivity index (χ3v) is 2.77. The highest BCUT2D eigenvalue weighted by molar-refractivity contribution is 6.32. The number of hydrogen-bond donors (Lipinski definition) is 2. The number of hydrogen-bond acceptors (Lipinski definition) is 6. The minimum absolute atomic E-state index is 0.318. The zero-order valence-electron chi connectivity index (χ0n) is 10.5. The van der Waals surface area contributed by atoms with Gasteiger partial charge in [-0.2, -0.15) is 4.98 Å². The topological polar surface area (TPSA) is 82.3 Å². The third-order valence-electron chi connectivity index (χ3n) is 2.45. The molecule has 0 unspecified atom stereocenters. The third kappa shape index (κ3) is 2.79. The SMILES string of the molecule is COc1cc(Nc2ncnc(OC)c2N)ccc1Cl. The summed E-state index contributed by atoms with van der Waals surface area (Å²) < 4.78 is 10.2. The maximum absolute atomic E-state index is 5.96.